The number of alkyl halides is 2. The van der Waals surface area contributed by atoms with Crippen LogP contribution in [-0.2, 0) is 29.4 Å². The van der Waals surface area contributed by atoms with Gasteiger partial charge in [-0.3, -0.25) is 9.52 Å². The molecule has 1 saturated carbocycles. The molecule has 186 valence electrons. The monoisotopic (exact) mass is 533 g/mol. The normalized spacial score (nSPS) is 17.4. The minimum Gasteiger partial charge on any atom is -0.465 e. The number of carbonyl (C=O) groups is 2. The van der Waals surface area contributed by atoms with Crippen LogP contribution in [0.3, 0.4) is 0 Å². The first-order valence-electron chi connectivity index (χ1n) is 10.7. The maximum absolute atomic E-state index is 12.5. The van der Waals surface area contributed by atoms with E-state index in [4.69, 9.17) is 4.74 Å². The molecule has 2 aliphatic carbocycles. The van der Waals surface area contributed by atoms with E-state index in [9.17, 15) is 18.4 Å². The molecule has 0 unspecified atom stereocenters. The SMILES string of the molecule is COC(=O)c1c(NC(=O)C2CC2)sc2c1C[C@@H](NSSCNc1cc(OC(F)F)nn1C)CC2. The van der Waals surface area contributed by atoms with Crippen molar-refractivity contribution in [2.24, 2.45) is 13.0 Å². The van der Waals surface area contributed by atoms with E-state index in [1.807, 2.05) is 0 Å². The van der Waals surface area contributed by atoms with Crippen molar-refractivity contribution in [2.75, 3.05) is 23.6 Å². The molecule has 0 bridgehead atoms. The fourth-order valence-electron chi connectivity index (χ4n) is 3.64. The first kappa shape index (κ1) is 25.1. The summed E-state index contributed by atoms with van der Waals surface area (Å²) >= 11 is 1.47. The summed E-state index contributed by atoms with van der Waals surface area (Å²) in [6.45, 7) is -2.92. The van der Waals surface area contributed by atoms with Crippen molar-refractivity contribution in [3.05, 3.63) is 22.1 Å². The highest BCUT2D eigenvalue weighted by atomic mass is 33.1. The number of halogens is 2. The molecule has 2 aliphatic rings. The van der Waals surface area contributed by atoms with Crippen molar-refractivity contribution >= 4 is 55.8 Å². The highest BCUT2D eigenvalue weighted by Gasteiger charge is 2.34. The number of nitrogens with zero attached hydrogens (tertiary/aromatic N) is 2. The Balaban J connectivity index is 1.28. The predicted molar refractivity (Wildman–Crippen MR) is 129 cm³/mol. The zero-order valence-electron chi connectivity index (χ0n) is 18.6. The van der Waals surface area contributed by atoms with Crippen LogP contribution in [-0.4, -0.2) is 47.3 Å². The maximum atomic E-state index is 12.5. The van der Waals surface area contributed by atoms with Crippen LogP contribution in [0.2, 0.25) is 0 Å². The number of methoxy groups -OCH3 is 1. The number of aryl methyl sites for hydroxylation is 2. The molecule has 0 radical (unpaired) electrons. The summed E-state index contributed by atoms with van der Waals surface area (Å²) in [5.41, 5.74) is 1.41. The molecule has 1 atom stereocenters. The molecule has 4 rings (SSSR count). The zero-order chi connectivity index (χ0) is 24.2. The molecular weight excluding hydrogens is 508 g/mol. The van der Waals surface area contributed by atoms with Crippen molar-refractivity contribution < 1.29 is 27.8 Å². The van der Waals surface area contributed by atoms with E-state index in [2.05, 4.69) is 25.2 Å². The molecule has 14 heteroatoms. The number of amides is 1. The number of carbonyl (C=O) groups excluding carboxylic acids is 2. The van der Waals surface area contributed by atoms with Gasteiger partial charge in [-0.1, -0.05) is 10.8 Å². The molecule has 9 nitrogen and oxygen atoms in total. The molecule has 34 heavy (non-hydrogen) atoms. The third kappa shape index (κ3) is 6.15. The van der Waals surface area contributed by atoms with Crippen molar-refractivity contribution in [1.29, 1.82) is 0 Å². The van der Waals surface area contributed by atoms with Crippen LogP contribution in [0.25, 0.3) is 0 Å². The number of rotatable bonds is 11. The van der Waals surface area contributed by atoms with E-state index in [1.54, 1.807) is 7.05 Å². The lowest BCUT2D eigenvalue weighted by molar-refractivity contribution is -0.117. The van der Waals surface area contributed by atoms with E-state index in [-0.39, 0.29) is 23.7 Å². The van der Waals surface area contributed by atoms with Gasteiger partial charge in [0.2, 0.25) is 11.8 Å². The summed E-state index contributed by atoms with van der Waals surface area (Å²) in [7, 11) is 5.96. The summed E-state index contributed by atoms with van der Waals surface area (Å²) < 4.78 is 38.8. The second-order valence-corrected chi connectivity index (χ2v) is 11.2. The zero-order valence-corrected chi connectivity index (χ0v) is 21.0. The predicted octanol–water partition coefficient (Wildman–Crippen LogP) is 4.03. The van der Waals surface area contributed by atoms with Gasteiger partial charge in [-0.25, -0.2) is 9.48 Å². The van der Waals surface area contributed by atoms with Crippen LogP contribution in [0.1, 0.15) is 40.1 Å². The van der Waals surface area contributed by atoms with Gasteiger partial charge in [0.25, 0.3) is 0 Å². The Bertz CT molecular complexity index is 1040. The van der Waals surface area contributed by atoms with Gasteiger partial charge < -0.3 is 20.1 Å². The number of aromatic nitrogens is 2. The average molecular weight is 534 g/mol. The smallest absolute Gasteiger partial charge is 0.388 e. The molecule has 0 spiro atoms. The molecule has 0 saturated heterocycles. The number of thiophene rings is 1. The van der Waals surface area contributed by atoms with Crippen LogP contribution in [0, 0.1) is 5.92 Å². The summed E-state index contributed by atoms with van der Waals surface area (Å²) in [6.07, 6.45) is 4.16. The molecule has 1 fully saturated rings. The molecule has 2 heterocycles. The van der Waals surface area contributed by atoms with Crippen LogP contribution >= 0.6 is 33.1 Å². The molecule has 1 amide bonds. The van der Waals surface area contributed by atoms with Crippen LogP contribution in [0.15, 0.2) is 6.07 Å². The molecule has 0 aromatic carbocycles. The number of fused-ring (bicyclic) bond motifs is 1. The van der Waals surface area contributed by atoms with E-state index < -0.39 is 12.6 Å². The fraction of sp³-hybridized carbons (Fsp3) is 0.550. The second-order valence-electron chi connectivity index (χ2n) is 7.91. The minimum absolute atomic E-state index is 0.0285. The third-order valence-corrected chi connectivity index (χ3v) is 8.50. The molecule has 2 aromatic rings. The number of nitrogens with one attached hydrogen (secondary N) is 3. The number of esters is 1. The Hall–Kier alpha value is -2.03. The summed E-state index contributed by atoms with van der Waals surface area (Å²) in [5.74, 6) is 0.523. The standard InChI is InChI=1S/C20H25F2N5O4S3/c1-27-14(8-15(25-27)31-20(21)22)23-9-32-34-26-11-5-6-13-12(7-11)16(19(29)30-2)18(33-13)24-17(28)10-3-4-10/h8,10-11,20,23,26H,3-7,9H2,1-2H3,(H,24,28)/t11-/m0/s1. The summed E-state index contributed by atoms with van der Waals surface area (Å²) in [5, 5.41) is 10.5. The van der Waals surface area contributed by atoms with E-state index >= 15 is 0 Å². The quantitative estimate of drug-likeness (QED) is 0.130. The Labute approximate surface area is 207 Å². The Morgan fingerprint density at radius 2 is 2.15 bits per heavy atom. The van der Waals surface area contributed by atoms with Crippen molar-refractivity contribution in [1.82, 2.24) is 14.5 Å². The van der Waals surface area contributed by atoms with E-state index in [0.717, 1.165) is 36.1 Å². The number of ether oxygens (including phenoxy) is 2. The largest absolute Gasteiger partial charge is 0.465 e. The van der Waals surface area contributed by atoms with Gasteiger partial charge in [0.05, 0.1) is 18.6 Å². The van der Waals surface area contributed by atoms with Gasteiger partial charge in [0.15, 0.2) is 0 Å². The average Bonchev–Trinajstić information content (AvgIpc) is 3.51. The van der Waals surface area contributed by atoms with Crippen molar-refractivity contribution in [2.45, 2.75) is 44.8 Å². The lowest BCUT2D eigenvalue weighted by Crippen LogP contribution is -2.30. The Kier molecular flexibility index (Phi) is 8.22. The third-order valence-electron chi connectivity index (χ3n) is 5.49. The van der Waals surface area contributed by atoms with Gasteiger partial charge in [0.1, 0.15) is 10.8 Å². The van der Waals surface area contributed by atoms with Crippen molar-refractivity contribution in [3.63, 3.8) is 0 Å². The lowest BCUT2D eigenvalue weighted by Gasteiger charge is -2.23. The van der Waals surface area contributed by atoms with Crippen LogP contribution < -0.4 is 20.1 Å². The first-order chi connectivity index (χ1) is 16.4. The van der Waals surface area contributed by atoms with Gasteiger partial charge in [-0.2, -0.15) is 8.78 Å². The summed E-state index contributed by atoms with van der Waals surface area (Å²) in [6, 6.07) is 1.57. The van der Waals surface area contributed by atoms with Gasteiger partial charge in [-0.15, -0.1) is 16.4 Å². The highest BCUT2D eigenvalue weighted by molar-refractivity contribution is 8.76. The van der Waals surface area contributed by atoms with Gasteiger partial charge in [0, 0.05) is 30.0 Å². The van der Waals surface area contributed by atoms with Gasteiger partial charge in [-0.05, 0) is 48.6 Å². The van der Waals surface area contributed by atoms with Crippen molar-refractivity contribution in [3.8, 4) is 5.88 Å². The van der Waals surface area contributed by atoms with Crippen LogP contribution in [0.5, 0.6) is 5.88 Å². The Morgan fingerprint density at radius 3 is 2.85 bits per heavy atom. The molecule has 3 N–H and O–H groups in total. The topological polar surface area (TPSA) is 107 Å². The lowest BCUT2D eigenvalue weighted by atomic mass is 9.92. The van der Waals surface area contributed by atoms with Gasteiger partial charge >= 0.3 is 12.6 Å². The van der Waals surface area contributed by atoms with E-state index in [0.29, 0.717) is 28.7 Å². The number of anilines is 2. The number of hydrogen-bond acceptors (Lipinski definition) is 10. The second kappa shape index (κ2) is 11.1. The highest BCUT2D eigenvalue weighted by Crippen LogP contribution is 2.40. The first-order valence-corrected chi connectivity index (χ1v) is 13.8. The molecule has 0 aliphatic heterocycles. The Morgan fingerprint density at radius 1 is 1.35 bits per heavy atom. The summed E-state index contributed by atoms with van der Waals surface area (Å²) in [4.78, 5) is 25.9. The minimum atomic E-state index is -2.92. The van der Waals surface area contributed by atoms with E-state index in [1.165, 1.54) is 51.0 Å². The maximum Gasteiger partial charge on any atom is 0.388 e. The molecular formula is C20H25F2N5O4S3. The fourth-order valence-corrected chi connectivity index (χ4v) is 6.51. The number of hydrogen-bond donors (Lipinski definition) is 3. The molecule has 2 aromatic heterocycles. The van der Waals surface area contributed by atoms with Crippen LogP contribution in [0.4, 0.5) is 19.6 Å².